The lowest BCUT2D eigenvalue weighted by Crippen LogP contribution is -2.17. The number of aromatic nitrogens is 1. The Morgan fingerprint density at radius 1 is 1.39 bits per heavy atom. The van der Waals surface area contributed by atoms with Crippen molar-refractivity contribution in [1.82, 2.24) is 4.57 Å². The van der Waals surface area contributed by atoms with Gasteiger partial charge >= 0.3 is 0 Å². The minimum Gasteiger partial charge on any atom is -0.319 e. The van der Waals surface area contributed by atoms with Gasteiger partial charge in [0.15, 0.2) is 4.80 Å². The van der Waals surface area contributed by atoms with Crippen molar-refractivity contribution in [1.29, 1.82) is 0 Å². The summed E-state index contributed by atoms with van der Waals surface area (Å²) in [5.41, 5.74) is 2.45. The van der Waals surface area contributed by atoms with Gasteiger partial charge in [-0.1, -0.05) is 53.4 Å². The van der Waals surface area contributed by atoms with Crippen LogP contribution in [0.5, 0.6) is 0 Å². The highest BCUT2D eigenvalue weighted by atomic mass is 32.2. The van der Waals surface area contributed by atoms with Gasteiger partial charge in [-0.3, -0.25) is 9.79 Å². The zero-order valence-electron chi connectivity index (χ0n) is 12.8. The maximum atomic E-state index is 12.1. The number of aryl methyl sites for hydroxylation is 1. The van der Waals surface area contributed by atoms with E-state index in [0.29, 0.717) is 5.75 Å². The van der Waals surface area contributed by atoms with Crippen molar-refractivity contribution >= 4 is 45.1 Å². The summed E-state index contributed by atoms with van der Waals surface area (Å²) in [7, 11) is 0. The number of hydrogen-bond acceptors (Lipinski definition) is 5. The van der Waals surface area contributed by atoms with Crippen molar-refractivity contribution in [2.24, 2.45) is 9.98 Å². The summed E-state index contributed by atoms with van der Waals surface area (Å²) in [6.07, 6.45) is 1.97. The second-order valence-electron chi connectivity index (χ2n) is 5.09. The maximum Gasteiger partial charge on any atom is 0.258 e. The lowest BCUT2D eigenvalue weighted by molar-refractivity contribution is -0.115. The normalized spacial score (nSPS) is 15.0. The van der Waals surface area contributed by atoms with Crippen LogP contribution >= 0.6 is 34.9 Å². The quantitative estimate of drug-likeness (QED) is 0.838. The second kappa shape index (κ2) is 7.99. The van der Waals surface area contributed by atoms with Crippen LogP contribution in [0.1, 0.15) is 11.1 Å². The zero-order chi connectivity index (χ0) is 16.1. The molecule has 0 unspecified atom stereocenters. The van der Waals surface area contributed by atoms with E-state index in [9.17, 15) is 4.79 Å². The SMILES string of the molecule is Cc1ccc(Cn2ccsc2=NC(=O)CSC2=NCCS2)cc1. The highest BCUT2D eigenvalue weighted by Crippen LogP contribution is 2.21. The van der Waals surface area contributed by atoms with Crippen LogP contribution in [0.4, 0.5) is 0 Å². The fourth-order valence-electron chi connectivity index (χ4n) is 2.06. The van der Waals surface area contributed by atoms with Crippen molar-refractivity contribution < 1.29 is 4.79 Å². The van der Waals surface area contributed by atoms with E-state index < -0.39 is 0 Å². The van der Waals surface area contributed by atoms with Crippen molar-refractivity contribution in [2.75, 3.05) is 18.1 Å². The van der Waals surface area contributed by atoms with Gasteiger partial charge in [-0.2, -0.15) is 4.99 Å². The smallest absolute Gasteiger partial charge is 0.258 e. The number of thioether (sulfide) groups is 2. The van der Waals surface area contributed by atoms with Crippen LogP contribution < -0.4 is 4.80 Å². The average Bonchev–Trinajstić information content (AvgIpc) is 3.20. The summed E-state index contributed by atoms with van der Waals surface area (Å²) in [6.45, 7) is 3.66. The number of amides is 1. The van der Waals surface area contributed by atoms with E-state index in [2.05, 4.69) is 41.2 Å². The molecule has 1 aliphatic rings. The first-order chi connectivity index (χ1) is 11.2. The van der Waals surface area contributed by atoms with Crippen molar-refractivity contribution in [3.05, 3.63) is 51.8 Å². The molecule has 0 atom stereocenters. The molecule has 1 aromatic heterocycles. The molecule has 0 spiro atoms. The van der Waals surface area contributed by atoms with E-state index in [0.717, 1.165) is 28.0 Å². The molecule has 3 rings (SSSR count). The lowest BCUT2D eigenvalue weighted by Gasteiger charge is -2.03. The first-order valence-corrected chi connectivity index (χ1v) is 10.1. The summed E-state index contributed by atoms with van der Waals surface area (Å²) in [6, 6.07) is 8.41. The predicted molar refractivity (Wildman–Crippen MR) is 100 cm³/mol. The summed E-state index contributed by atoms with van der Waals surface area (Å²) >= 11 is 4.69. The monoisotopic (exact) mass is 363 g/mol. The third-order valence-corrected chi connectivity index (χ3v) is 6.26. The van der Waals surface area contributed by atoms with Gasteiger partial charge in [0.25, 0.3) is 5.91 Å². The summed E-state index contributed by atoms with van der Waals surface area (Å²) in [4.78, 5) is 21.4. The molecule has 0 bridgehead atoms. The van der Waals surface area contributed by atoms with Gasteiger partial charge in [0.1, 0.15) is 4.38 Å². The number of aliphatic imine (C=N–C) groups is 1. The third-order valence-electron chi connectivity index (χ3n) is 3.23. The maximum absolute atomic E-state index is 12.1. The number of thiazole rings is 1. The van der Waals surface area contributed by atoms with Gasteiger partial charge in [-0.25, -0.2) is 0 Å². The molecule has 120 valence electrons. The van der Waals surface area contributed by atoms with Gasteiger partial charge in [-0.05, 0) is 12.5 Å². The number of nitrogens with zero attached hydrogens (tertiary/aromatic N) is 3. The topological polar surface area (TPSA) is 46.7 Å². The second-order valence-corrected chi connectivity index (χ2v) is 8.27. The standard InChI is InChI=1S/C16H17N3OS3/c1-12-2-4-13(5-3-12)10-19-7-9-21-15(19)18-14(20)11-23-16-17-6-8-22-16/h2-5,7,9H,6,8,10-11H2,1H3. The third kappa shape index (κ3) is 4.83. The van der Waals surface area contributed by atoms with E-state index in [1.807, 2.05) is 16.1 Å². The molecule has 0 radical (unpaired) electrons. The molecular weight excluding hydrogens is 346 g/mol. The number of carbonyl (C=O) groups is 1. The Kier molecular flexibility index (Phi) is 5.75. The molecule has 1 aromatic carbocycles. The van der Waals surface area contributed by atoms with E-state index in [1.165, 1.54) is 34.2 Å². The van der Waals surface area contributed by atoms with Crippen LogP contribution in [-0.4, -0.2) is 32.9 Å². The molecule has 23 heavy (non-hydrogen) atoms. The average molecular weight is 364 g/mol. The molecule has 0 saturated carbocycles. The summed E-state index contributed by atoms with van der Waals surface area (Å²) < 4.78 is 3.02. The molecular formula is C16H17N3OS3. The van der Waals surface area contributed by atoms with Crippen LogP contribution in [0.2, 0.25) is 0 Å². The number of rotatable bonds is 4. The Bertz CT molecular complexity index is 774. The van der Waals surface area contributed by atoms with Gasteiger partial charge in [-0.15, -0.1) is 11.3 Å². The lowest BCUT2D eigenvalue weighted by atomic mass is 10.1. The number of benzene rings is 1. The van der Waals surface area contributed by atoms with Gasteiger partial charge in [0.2, 0.25) is 0 Å². The van der Waals surface area contributed by atoms with Gasteiger partial charge < -0.3 is 4.57 Å². The molecule has 0 fully saturated rings. The molecule has 1 amide bonds. The van der Waals surface area contributed by atoms with Crippen LogP contribution in [-0.2, 0) is 11.3 Å². The Balaban J connectivity index is 1.66. The molecule has 0 saturated heterocycles. The minimum atomic E-state index is -0.106. The fourth-order valence-corrected chi connectivity index (χ4v) is 4.60. The Morgan fingerprint density at radius 2 is 2.22 bits per heavy atom. The van der Waals surface area contributed by atoms with E-state index >= 15 is 0 Å². The van der Waals surface area contributed by atoms with E-state index in [-0.39, 0.29) is 5.91 Å². The minimum absolute atomic E-state index is 0.106. The van der Waals surface area contributed by atoms with Crippen LogP contribution in [0.3, 0.4) is 0 Å². The molecule has 0 N–H and O–H groups in total. The Hall–Kier alpha value is -1.31. The molecule has 1 aliphatic heterocycles. The molecule has 2 aromatic rings. The van der Waals surface area contributed by atoms with Crippen molar-refractivity contribution in [3.63, 3.8) is 0 Å². The van der Waals surface area contributed by atoms with Crippen LogP contribution in [0.15, 0.2) is 45.8 Å². The van der Waals surface area contributed by atoms with Crippen LogP contribution in [0, 0.1) is 6.92 Å². The van der Waals surface area contributed by atoms with Crippen molar-refractivity contribution in [3.8, 4) is 0 Å². The van der Waals surface area contributed by atoms with Gasteiger partial charge in [0, 0.05) is 23.9 Å². The molecule has 7 heteroatoms. The highest BCUT2D eigenvalue weighted by Gasteiger charge is 2.10. The molecule has 4 nitrogen and oxygen atoms in total. The van der Waals surface area contributed by atoms with Crippen molar-refractivity contribution in [2.45, 2.75) is 13.5 Å². The summed E-state index contributed by atoms with van der Waals surface area (Å²) in [5.74, 6) is 1.27. The first-order valence-electron chi connectivity index (χ1n) is 7.28. The zero-order valence-corrected chi connectivity index (χ0v) is 15.2. The molecule has 0 aliphatic carbocycles. The molecule has 2 heterocycles. The fraction of sp³-hybridized carbons (Fsp3) is 0.312. The Morgan fingerprint density at radius 3 is 2.96 bits per heavy atom. The van der Waals surface area contributed by atoms with Gasteiger partial charge in [0.05, 0.1) is 12.3 Å². The largest absolute Gasteiger partial charge is 0.319 e. The first kappa shape index (κ1) is 16.5. The van der Waals surface area contributed by atoms with E-state index in [1.54, 1.807) is 11.8 Å². The Labute approximate surface area is 147 Å². The number of hydrogen-bond donors (Lipinski definition) is 0. The number of carbonyl (C=O) groups excluding carboxylic acids is 1. The highest BCUT2D eigenvalue weighted by molar-refractivity contribution is 8.39. The predicted octanol–water partition coefficient (Wildman–Crippen LogP) is 3.17. The van der Waals surface area contributed by atoms with Crippen LogP contribution in [0.25, 0.3) is 0 Å². The van der Waals surface area contributed by atoms with E-state index in [4.69, 9.17) is 0 Å². The summed E-state index contributed by atoms with van der Waals surface area (Å²) in [5, 5.41) is 1.96.